The van der Waals surface area contributed by atoms with Crippen LogP contribution in [0, 0.1) is 0 Å². The number of nitrogens with two attached hydrogens (primary N) is 1. The molecule has 0 saturated carbocycles. The summed E-state index contributed by atoms with van der Waals surface area (Å²) in [6.07, 6.45) is -0.216. The number of phenolic OH excluding ortho intramolecular Hbond substituents is 2. The standard InChI is InChI=1S/C12H17N5O2/c1-7-14-11(13)16-12(15-7)17(2)6-8-3-4-9(18)10(19)5-8/h3-5,7,18-19H,6H2,1-2H3,(H3,13,14,15,16). The van der Waals surface area contributed by atoms with Crippen LogP contribution in [0.3, 0.4) is 0 Å². The SMILES string of the molecule is CC1N=C(N)NC(N(C)Cc2ccc(O)c(O)c2)=N1. The molecular weight excluding hydrogens is 246 g/mol. The van der Waals surface area contributed by atoms with Crippen LogP contribution >= 0.6 is 0 Å². The Morgan fingerprint density at radius 1 is 1.32 bits per heavy atom. The molecule has 19 heavy (non-hydrogen) atoms. The Hall–Kier alpha value is -2.44. The summed E-state index contributed by atoms with van der Waals surface area (Å²) >= 11 is 0. The van der Waals surface area contributed by atoms with Crippen LogP contribution in [0.15, 0.2) is 28.2 Å². The molecule has 0 aromatic heterocycles. The summed E-state index contributed by atoms with van der Waals surface area (Å²) in [5.41, 5.74) is 6.49. The quantitative estimate of drug-likeness (QED) is 0.568. The molecule has 7 nitrogen and oxygen atoms in total. The van der Waals surface area contributed by atoms with Gasteiger partial charge in [-0.2, -0.15) is 0 Å². The molecule has 0 aliphatic carbocycles. The van der Waals surface area contributed by atoms with Gasteiger partial charge in [-0.15, -0.1) is 0 Å². The highest BCUT2D eigenvalue weighted by Gasteiger charge is 2.15. The van der Waals surface area contributed by atoms with Gasteiger partial charge < -0.3 is 20.8 Å². The zero-order chi connectivity index (χ0) is 14.0. The molecule has 1 unspecified atom stereocenters. The van der Waals surface area contributed by atoms with Gasteiger partial charge in [0.2, 0.25) is 5.96 Å². The Morgan fingerprint density at radius 2 is 2.05 bits per heavy atom. The van der Waals surface area contributed by atoms with E-state index in [1.165, 1.54) is 12.1 Å². The molecule has 1 atom stereocenters. The van der Waals surface area contributed by atoms with E-state index in [1.54, 1.807) is 6.07 Å². The number of rotatable bonds is 2. The van der Waals surface area contributed by atoms with Gasteiger partial charge in [-0.1, -0.05) is 6.07 Å². The third-order valence-corrected chi connectivity index (χ3v) is 2.70. The van der Waals surface area contributed by atoms with Crippen molar-refractivity contribution < 1.29 is 10.2 Å². The van der Waals surface area contributed by atoms with Gasteiger partial charge in [0.05, 0.1) is 0 Å². The van der Waals surface area contributed by atoms with E-state index in [4.69, 9.17) is 5.73 Å². The van der Waals surface area contributed by atoms with Crippen LogP contribution < -0.4 is 11.1 Å². The Morgan fingerprint density at radius 3 is 2.68 bits per heavy atom. The van der Waals surface area contributed by atoms with Crippen LogP contribution in [0.1, 0.15) is 12.5 Å². The fraction of sp³-hybridized carbons (Fsp3) is 0.333. The summed E-state index contributed by atoms with van der Waals surface area (Å²) in [5.74, 6) is 0.675. The van der Waals surface area contributed by atoms with Crippen LogP contribution in [-0.2, 0) is 6.54 Å². The Labute approximate surface area is 111 Å². The maximum atomic E-state index is 9.45. The van der Waals surface area contributed by atoms with Crippen molar-refractivity contribution in [2.45, 2.75) is 19.6 Å². The molecule has 0 fully saturated rings. The summed E-state index contributed by atoms with van der Waals surface area (Å²) in [6, 6.07) is 4.69. The van der Waals surface area contributed by atoms with Gasteiger partial charge in [0, 0.05) is 13.6 Å². The number of aliphatic imine (C=N–C) groups is 2. The number of hydrogen-bond acceptors (Lipinski definition) is 7. The van der Waals surface area contributed by atoms with Gasteiger partial charge in [0.15, 0.2) is 17.5 Å². The Balaban J connectivity index is 2.09. The highest BCUT2D eigenvalue weighted by Crippen LogP contribution is 2.25. The number of benzene rings is 1. The van der Waals surface area contributed by atoms with Crippen molar-refractivity contribution in [3.8, 4) is 11.5 Å². The normalized spacial score (nSPS) is 18.3. The van der Waals surface area contributed by atoms with E-state index in [9.17, 15) is 10.2 Å². The molecule has 1 aliphatic rings. The number of hydrogen-bond donors (Lipinski definition) is 4. The third-order valence-electron chi connectivity index (χ3n) is 2.70. The van der Waals surface area contributed by atoms with Gasteiger partial charge in [-0.3, -0.25) is 5.32 Å². The molecule has 0 radical (unpaired) electrons. The van der Waals surface area contributed by atoms with E-state index in [1.807, 2.05) is 18.9 Å². The molecule has 0 amide bonds. The predicted molar refractivity (Wildman–Crippen MR) is 72.9 cm³/mol. The van der Waals surface area contributed by atoms with Gasteiger partial charge in [0.1, 0.15) is 6.17 Å². The number of aromatic hydroxyl groups is 2. The molecule has 1 aromatic carbocycles. The van der Waals surface area contributed by atoms with Crippen molar-refractivity contribution in [1.82, 2.24) is 10.2 Å². The Kier molecular flexibility index (Phi) is 3.46. The second-order valence-electron chi connectivity index (χ2n) is 4.40. The first-order chi connectivity index (χ1) is 8.95. The van der Waals surface area contributed by atoms with Gasteiger partial charge in [-0.05, 0) is 24.6 Å². The lowest BCUT2D eigenvalue weighted by molar-refractivity contribution is 0.401. The van der Waals surface area contributed by atoms with Crippen molar-refractivity contribution >= 4 is 11.9 Å². The number of phenols is 2. The highest BCUT2D eigenvalue weighted by molar-refractivity contribution is 5.99. The zero-order valence-corrected chi connectivity index (χ0v) is 10.8. The largest absolute Gasteiger partial charge is 0.504 e. The van der Waals surface area contributed by atoms with Crippen LogP contribution in [0.2, 0.25) is 0 Å². The monoisotopic (exact) mass is 263 g/mol. The topological polar surface area (TPSA) is 106 Å². The van der Waals surface area contributed by atoms with Crippen LogP contribution in [0.25, 0.3) is 0 Å². The van der Waals surface area contributed by atoms with Crippen LogP contribution in [-0.4, -0.2) is 40.2 Å². The fourth-order valence-corrected chi connectivity index (χ4v) is 1.80. The fourth-order valence-electron chi connectivity index (χ4n) is 1.80. The number of nitrogens with one attached hydrogen (secondary N) is 1. The van der Waals surface area contributed by atoms with E-state index in [-0.39, 0.29) is 17.7 Å². The summed E-state index contributed by atoms with van der Waals surface area (Å²) in [7, 11) is 1.85. The van der Waals surface area contributed by atoms with Crippen molar-refractivity contribution in [2.75, 3.05) is 7.05 Å². The lowest BCUT2D eigenvalue weighted by Gasteiger charge is -2.25. The van der Waals surface area contributed by atoms with E-state index >= 15 is 0 Å². The first-order valence-electron chi connectivity index (χ1n) is 5.86. The van der Waals surface area contributed by atoms with E-state index in [0.717, 1.165) is 5.56 Å². The van der Waals surface area contributed by atoms with Crippen molar-refractivity contribution in [1.29, 1.82) is 0 Å². The Bertz CT molecular complexity index is 541. The minimum absolute atomic E-state index is 0.135. The molecule has 1 aliphatic heterocycles. The first kappa shape index (κ1) is 13.0. The maximum Gasteiger partial charge on any atom is 0.202 e. The smallest absolute Gasteiger partial charge is 0.202 e. The average Bonchev–Trinajstić information content (AvgIpc) is 2.32. The summed E-state index contributed by atoms with van der Waals surface area (Å²) in [6.45, 7) is 2.35. The summed E-state index contributed by atoms with van der Waals surface area (Å²) < 4.78 is 0. The van der Waals surface area contributed by atoms with E-state index < -0.39 is 0 Å². The number of guanidine groups is 2. The first-order valence-corrected chi connectivity index (χ1v) is 5.86. The van der Waals surface area contributed by atoms with Crippen molar-refractivity contribution in [2.24, 2.45) is 15.7 Å². The molecule has 1 heterocycles. The molecular formula is C12H17N5O2. The highest BCUT2D eigenvalue weighted by atomic mass is 16.3. The lowest BCUT2D eigenvalue weighted by atomic mass is 10.2. The maximum absolute atomic E-state index is 9.45. The molecule has 1 aromatic rings. The van der Waals surface area contributed by atoms with E-state index in [0.29, 0.717) is 18.5 Å². The molecule has 2 rings (SSSR count). The third kappa shape index (κ3) is 3.06. The van der Waals surface area contributed by atoms with Gasteiger partial charge in [0.25, 0.3) is 0 Å². The van der Waals surface area contributed by atoms with Crippen LogP contribution in [0.4, 0.5) is 0 Å². The average molecular weight is 263 g/mol. The molecule has 0 bridgehead atoms. The lowest BCUT2D eigenvalue weighted by Crippen LogP contribution is -2.48. The van der Waals surface area contributed by atoms with Crippen LogP contribution in [0.5, 0.6) is 11.5 Å². The second kappa shape index (κ2) is 5.05. The van der Waals surface area contributed by atoms with E-state index in [2.05, 4.69) is 15.3 Å². The van der Waals surface area contributed by atoms with Gasteiger partial charge >= 0.3 is 0 Å². The molecule has 0 saturated heterocycles. The molecule has 0 spiro atoms. The molecule has 102 valence electrons. The second-order valence-corrected chi connectivity index (χ2v) is 4.40. The molecule has 7 heteroatoms. The minimum Gasteiger partial charge on any atom is -0.504 e. The zero-order valence-electron chi connectivity index (χ0n) is 10.8. The number of nitrogens with zero attached hydrogens (tertiary/aromatic N) is 3. The predicted octanol–water partition coefficient (Wildman–Crippen LogP) is 0.149. The minimum atomic E-state index is -0.216. The summed E-state index contributed by atoms with van der Waals surface area (Å²) in [4.78, 5) is 10.2. The van der Waals surface area contributed by atoms with Crippen molar-refractivity contribution in [3.05, 3.63) is 23.8 Å². The van der Waals surface area contributed by atoms with Gasteiger partial charge in [-0.25, -0.2) is 9.98 Å². The summed E-state index contributed by atoms with van der Waals surface area (Å²) in [5, 5.41) is 21.6. The van der Waals surface area contributed by atoms with Crippen molar-refractivity contribution in [3.63, 3.8) is 0 Å². The molecule has 5 N–H and O–H groups in total.